The summed E-state index contributed by atoms with van der Waals surface area (Å²) in [4.78, 5) is 43.4. The summed E-state index contributed by atoms with van der Waals surface area (Å²) in [6.07, 6.45) is 0. The largest absolute Gasteiger partial charge is 0.328 e. The molecule has 0 unspecified atom stereocenters. The van der Waals surface area contributed by atoms with Gasteiger partial charge < -0.3 is 29.4 Å². The van der Waals surface area contributed by atoms with Gasteiger partial charge in [0, 0.05) is 32.7 Å². The van der Waals surface area contributed by atoms with Crippen molar-refractivity contribution in [1.29, 1.82) is 0 Å². The minimum absolute atomic E-state index is 0. The van der Waals surface area contributed by atoms with Gasteiger partial charge in [-0.2, -0.15) is 0 Å². The first-order valence-electron chi connectivity index (χ1n) is 1.20. The van der Waals surface area contributed by atoms with E-state index in [0.29, 0.717) is 0 Å². The van der Waals surface area contributed by atoms with Crippen molar-refractivity contribution in [3.8, 4) is 0 Å². The molecule has 0 spiro atoms. The van der Waals surface area contributed by atoms with Gasteiger partial charge in [-0.15, -0.1) is 0 Å². The second-order valence-corrected chi connectivity index (χ2v) is 1.61. The summed E-state index contributed by atoms with van der Waals surface area (Å²) in [5.41, 5.74) is 0. The van der Waals surface area contributed by atoms with E-state index >= 15 is 0 Å². The first-order chi connectivity index (χ1) is 3.46. The van der Waals surface area contributed by atoms with E-state index in [1.807, 2.05) is 0 Å². The predicted molar refractivity (Wildman–Crippen MR) is 40.6 cm³/mol. The van der Waals surface area contributed by atoms with Crippen LogP contribution < -0.4 is 0 Å². The predicted octanol–water partition coefficient (Wildman–Crippen LogP) is -0.350. The van der Waals surface area contributed by atoms with Gasteiger partial charge in [0.15, 0.2) is 0 Å². The summed E-state index contributed by atoms with van der Waals surface area (Å²) in [5, 5.41) is 0. The van der Waals surface area contributed by atoms with Crippen molar-refractivity contribution in [3.63, 3.8) is 0 Å². The van der Waals surface area contributed by atoms with Crippen LogP contribution in [0.3, 0.4) is 0 Å². The average molecular weight is 285 g/mol. The Labute approximate surface area is 93.8 Å². The van der Waals surface area contributed by atoms with E-state index in [-0.39, 0.29) is 47.6 Å². The molecule has 71 valence electrons. The van der Waals surface area contributed by atoms with Crippen LogP contribution in [-0.4, -0.2) is 29.4 Å². The molecular formula is C2H14O6P2Y. The molecule has 9 heteroatoms. The molecule has 0 aromatic rings. The zero-order valence-corrected chi connectivity index (χ0v) is 8.78. The number of rotatable bonds is 0. The summed E-state index contributed by atoms with van der Waals surface area (Å²) in [7, 11) is -5.24. The molecule has 0 atom stereocenters. The Morgan fingerprint density at radius 2 is 0.545 bits per heavy atom. The van der Waals surface area contributed by atoms with Gasteiger partial charge in [-0.25, -0.2) is 0 Å². The molecular weight excluding hydrogens is 271 g/mol. The van der Waals surface area contributed by atoms with Gasteiger partial charge in [-0.05, 0) is 0 Å². The van der Waals surface area contributed by atoms with Gasteiger partial charge in [-0.3, -0.25) is 0 Å². The van der Waals surface area contributed by atoms with Crippen molar-refractivity contribution >= 4 is 17.2 Å². The third kappa shape index (κ3) is 373. The fourth-order valence-corrected chi connectivity index (χ4v) is 0. The molecule has 0 rings (SSSR count). The van der Waals surface area contributed by atoms with Gasteiger partial charge in [0.05, 0.1) is 0 Å². The molecule has 0 aromatic carbocycles. The monoisotopic (exact) mass is 285 g/mol. The third-order valence-corrected chi connectivity index (χ3v) is 0. The van der Waals surface area contributed by atoms with Crippen LogP contribution in [0, 0.1) is 0 Å². The van der Waals surface area contributed by atoms with E-state index in [0.717, 1.165) is 0 Å². The smallest absolute Gasteiger partial charge is 0.324 e. The van der Waals surface area contributed by atoms with Gasteiger partial charge in [0.1, 0.15) is 0 Å². The Morgan fingerprint density at radius 3 is 0.545 bits per heavy atom. The fourth-order valence-electron chi connectivity index (χ4n) is 0. The van der Waals surface area contributed by atoms with Crippen molar-refractivity contribution in [3.05, 3.63) is 0 Å². The Bertz CT molecular complexity index is 34.1. The standard InChI is InChI=1S/2CH4.2H3O3P.Y/c;;2*1-4(2)3;/h2*1H4;2*1-3H;. The SMILES string of the molecule is C.C.OP(O)O.OP(O)O.[Y]. The molecule has 0 heterocycles. The molecule has 0 aliphatic rings. The molecule has 0 saturated carbocycles. The maximum absolute atomic E-state index is 7.23. The van der Waals surface area contributed by atoms with Gasteiger partial charge in [0.2, 0.25) is 0 Å². The van der Waals surface area contributed by atoms with Crippen molar-refractivity contribution in [2.24, 2.45) is 0 Å². The van der Waals surface area contributed by atoms with E-state index in [1.54, 1.807) is 0 Å². The molecule has 1 radical (unpaired) electrons. The van der Waals surface area contributed by atoms with Gasteiger partial charge >= 0.3 is 17.2 Å². The van der Waals surface area contributed by atoms with Crippen LogP contribution in [0.1, 0.15) is 14.9 Å². The molecule has 0 amide bonds. The maximum atomic E-state index is 7.23. The van der Waals surface area contributed by atoms with Gasteiger partial charge in [0.25, 0.3) is 0 Å². The van der Waals surface area contributed by atoms with Crippen LogP contribution in [0.25, 0.3) is 0 Å². The van der Waals surface area contributed by atoms with Crippen LogP contribution in [0.5, 0.6) is 0 Å². The molecule has 0 aromatic heterocycles. The van der Waals surface area contributed by atoms with E-state index in [4.69, 9.17) is 29.4 Å². The summed E-state index contributed by atoms with van der Waals surface area (Å²) in [6, 6.07) is 0. The Kier molecular flexibility index (Phi) is 60.2. The first kappa shape index (κ1) is 29.3. The van der Waals surface area contributed by atoms with Gasteiger partial charge in [-0.1, -0.05) is 14.9 Å². The Morgan fingerprint density at radius 1 is 0.545 bits per heavy atom. The van der Waals surface area contributed by atoms with Crippen LogP contribution in [0.2, 0.25) is 0 Å². The molecule has 11 heavy (non-hydrogen) atoms. The topological polar surface area (TPSA) is 121 Å². The van der Waals surface area contributed by atoms with Crippen molar-refractivity contribution < 1.29 is 62.1 Å². The van der Waals surface area contributed by atoms with Crippen LogP contribution >= 0.6 is 17.2 Å². The molecule has 0 saturated heterocycles. The molecule has 0 fully saturated rings. The zero-order chi connectivity index (χ0) is 7.15. The second-order valence-electron chi connectivity index (χ2n) is 0.537. The van der Waals surface area contributed by atoms with Crippen LogP contribution in [0.15, 0.2) is 0 Å². The fraction of sp³-hybridized carbons (Fsp3) is 1.00. The minimum Gasteiger partial charge on any atom is -0.328 e. The molecule has 6 nitrogen and oxygen atoms in total. The Balaban J connectivity index is -0.0000000171. The van der Waals surface area contributed by atoms with Crippen molar-refractivity contribution in [2.75, 3.05) is 0 Å². The minimum atomic E-state index is -2.62. The normalized spacial score (nSPS) is 6.55. The zero-order valence-electron chi connectivity index (χ0n) is 4.16. The van der Waals surface area contributed by atoms with Crippen molar-refractivity contribution in [2.45, 2.75) is 14.9 Å². The molecule has 0 aliphatic carbocycles. The summed E-state index contributed by atoms with van der Waals surface area (Å²) >= 11 is 0. The van der Waals surface area contributed by atoms with Crippen LogP contribution in [-0.2, 0) is 32.7 Å². The number of hydrogen-bond acceptors (Lipinski definition) is 6. The van der Waals surface area contributed by atoms with E-state index in [1.165, 1.54) is 0 Å². The molecule has 0 aliphatic heterocycles. The third-order valence-electron chi connectivity index (χ3n) is 0. The summed E-state index contributed by atoms with van der Waals surface area (Å²) < 4.78 is 0. The van der Waals surface area contributed by atoms with E-state index in [9.17, 15) is 0 Å². The average Bonchev–Trinajstić information content (AvgIpc) is 1.25. The first-order valence-corrected chi connectivity index (χ1v) is 3.60. The van der Waals surface area contributed by atoms with E-state index in [2.05, 4.69) is 0 Å². The number of hydrogen-bond donors (Lipinski definition) is 6. The van der Waals surface area contributed by atoms with E-state index < -0.39 is 17.2 Å². The second kappa shape index (κ2) is 22.6. The van der Waals surface area contributed by atoms with Crippen LogP contribution in [0.4, 0.5) is 0 Å². The summed E-state index contributed by atoms with van der Waals surface area (Å²) in [6.45, 7) is 0. The maximum Gasteiger partial charge on any atom is 0.324 e. The van der Waals surface area contributed by atoms with Crippen molar-refractivity contribution in [1.82, 2.24) is 0 Å². The molecule has 0 bridgehead atoms. The quantitative estimate of drug-likeness (QED) is 0.338. The molecule has 6 N–H and O–H groups in total. The Hall–Kier alpha value is 1.72. The summed E-state index contributed by atoms with van der Waals surface area (Å²) in [5.74, 6) is 0.